The van der Waals surface area contributed by atoms with Crippen molar-refractivity contribution in [1.82, 2.24) is 24.3 Å². The number of unbranched alkanes of at least 4 members (excludes halogenated alkanes) is 1. The number of aliphatic hydroxyl groups excluding tert-OH is 1. The highest BCUT2D eigenvalue weighted by Crippen LogP contribution is 2.37. The largest absolute Gasteiger partial charge is 0.444 e. The Morgan fingerprint density at radius 1 is 1.12 bits per heavy atom. The number of halogens is 1. The third-order valence-electron chi connectivity index (χ3n) is 8.20. The maximum Gasteiger partial charge on any atom is 0.410 e. The molecule has 2 aliphatic rings. The third-order valence-corrected chi connectivity index (χ3v) is 8.20. The van der Waals surface area contributed by atoms with Crippen LogP contribution in [0.25, 0.3) is 22.2 Å². The van der Waals surface area contributed by atoms with Crippen LogP contribution in [0.3, 0.4) is 0 Å². The summed E-state index contributed by atoms with van der Waals surface area (Å²) in [7, 11) is 0. The minimum Gasteiger partial charge on any atom is -0.444 e. The molecule has 0 radical (unpaired) electrons. The normalized spacial score (nSPS) is 20.2. The number of benzene rings is 1. The maximum atomic E-state index is 15.7. The van der Waals surface area contributed by atoms with E-state index < -0.39 is 5.60 Å². The second-order valence-corrected chi connectivity index (χ2v) is 12.7. The Balaban J connectivity index is 1.33. The zero-order valence-electron chi connectivity index (χ0n) is 25.4. The highest BCUT2D eigenvalue weighted by atomic mass is 19.1. The van der Waals surface area contributed by atoms with Crippen LogP contribution in [0.5, 0.6) is 0 Å². The Morgan fingerprint density at radius 3 is 2.52 bits per heavy atom. The van der Waals surface area contributed by atoms with Gasteiger partial charge in [0.1, 0.15) is 17.1 Å². The van der Waals surface area contributed by atoms with Crippen LogP contribution >= 0.6 is 0 Å². The molecule has 0 unspecified atom stereocenters. The van der Waals surface area contributed by atoms with Gasteiger partial charge in [-0.2, -0.15) is 4.98 Å². The number of carbonyl (C=O) groups is 1. The molecule has 0 bridgehead atoms. The molecule has 1 aliphatic heterocycles. The number of ether oxygens (including phenoxy) is 1. The molecule has 2 fully saturated rings. The first-order chi connectivity index (χ1) is 20.1. The number of piperazine rings is 1. The van der Waals surface area contributed by atoms with Crippen molar-refractivity contribution in [2.24, 2.45) is 0 Å². The number of carbonyl (C=O) groups excluding carboxylic acids is 1. The van der Waals surface area contributed by atoms with Crippen molar-refractivity contribution in [3.8, 4) is 11.1 Å². The van der Waals surface area contributed by atoms with Gasteiger partial charge in [-0.25, -0.2) is 14.2 Å². The van der Waals surface area contributed by atoms with Gasteiger partial charge in [0, 0.05) is 74.2 Å². The van der Waals surface area contributed by atoms with E-state index in [1.165, 1.54) is 0 Å². The molecule has 2 aromatic heterocycles. The van der Waals surface area contributed by atoms with Gasteiger partial charge in [-0.15, -0.1) is 0 Å². The first-order valence-electron chi connectivity index (χ1n) is 15.4. The fourth-order valence-electron chi connectivity index (χ4n) is 5.87. The molecule has 3 aromatic rings. The number of aliphatic hydroxyl groups is 1. The van der Waals surface area contributed by atoms with E-state index in [9.17, 15) is 9.90 Å². The van der Waals surface area contributed by atoms with Crippen molar-refractivity contribution in [2.45, 2.75) is 90.5 Å². The summed E-state index contributed by atoms with van der Waals surface area (Å²) in [5.74, 6) is 0.309. The van der Waals surface area contributed by atoms with E-state index in [0.717, 1.165) is 67.2 Å². The SMILES string of the molecule is CCCCNc1ncc2c(-c3ccc(CN4CCN(C(=O)OC(C)(C)C)CC4)cc3F)cn([C@H]3CC[C@H](O)CC3)c2n1. The zero-order valence-corrected chi connectivity index (χ0v) is 25.4. The maximum absolute atomic E-state index is 15.7. The molecular formula is C32H45FN6O3. The lowest BCUT2D eigenvalue weighted by Crippen LogP contribution is -2.49. The van der Waals surface area contributed by atoms with E-state index in [1.54, 1.807) is 17.2 Å². The van der Waals surface area contributed by atoms with Crippen molar-refractivity contribution in [1.29, 1.82) is 0 Å². The fraction of sp³-hybridized carbons (Fsp3) is 0.594. The van der Waals surface area contributed by atoms with Gasteiger partial charge in [0.25, 0.3) is 0 Å². The number of anilines is 1. The molecule has 1 saturated carbocycles. The topological polar surface area (TPSA) is 95.8 Å². The molecule has 1 aliphatic carbocycles. The molecule has 3 heterocycles. The molecule has 42 heavy (non-hydrogen) atoms. The monoisotopic (exact) mass is 580 g/mol. The molecule has 9 nitrogen and oxygen atoms in total. The zero-order chi connectivity index (χ0) is 29.9. The molecule has 10 heteroatoms. The number of aromatic nitrogens is 3. The quantitative estimate of drug-likeness (QED) is 0.317. The molecule has 5 rings (SSSR count). The van der Waals surface area contributed by atoms with Crippen molar-refractivity contribution in [3.63, 3.8) is 0 Å². The summed E-state index contributed by atoms with van der Waals surface area (Å²) in [6, 6.07) is 5.67. The van der Waals surface area contributed by atoms with E-state index in [1.807, 2.05) is 39.1 Å². The summed E-state index contributed by atoms with van der Waals surface area (Å²) < 4.78 is 23.4. The van der Waals surface area contributed by atoms with E-state index in [4.69, 9.17) is 9.72 Å². The molecule has 228 valence electrons. The van der Waals surface area contributed by atoms with E-state index in [2.05, 4.69) is 26.7 Å². The third kappa shape index (κ3) is 7.21. The molecule has 0 spiro atoms. The second-order valence-electron chi connectivity index (χ2n) is 12.7. The van der Waals surface area contributed by atoms with Crippen molar-refractivity contribution in [3.05, 3.63) is 42.0 Å². The van der Waals surface area contributed by atoms with Gasteiger partial charge < -0.3 is 24.6 Å². The average molecular weight is 581 g/mol. The smallest absolute Gasteiger partial charge is 0.410 e. The highest BCUT2D eigenvalue weighted by Gasteiger charge is 2.27. The second kappa shape index (κ2) is 13.0. The number of amides is 1. The summed E-state index contributed by atoms with van der Waals surface area (Å²) >= 11 is 0. The molecule has 0 atom stereocenters. The number of rotatable bonds is 8. The Morgan fingerprint density at radius 2 is 1.86 bits per heavy atom. The number of nitrogens with one attached hydrogen (secondary N) is 1. The van der Waals surface area contributed by atoms with Gasteiger partial charge >= 0.3 is 6.09 Å². The molecule has 1 amide bonds. The predicted octanol–water partition coefficient (Wildman–Crippen LogP) is 5.98. The molecular weight excluding hydrogens is 535 g/mol. The van der Waals surface area contributed by atoms with Crippen LogP contribution in [0.2, 0.25) is 0 Å². The van der Waals surface area contributed by atoms with E-state index >= 15 is 4.39 Å². The van der Waals surface area contributed by atoms with Gasteiger partial charge in [-0.3, -0.25) is 4.90 Å². The summed E-state index contributed by atoms with van der Waals surface area (Å²) in [6.45, 7) is 11.8. The standard InChI is InChI=1S/C32H45FN6O3/c1-5-6-13-34-30-35-19-26-27(21-39(29(26)36-30)23-8-10-24(40)11-9-23)25-12-7-22(18-28(25)33)20-37-14-16-38(17-15-37)31(41)42-32(2,3)4/h7,12,18-19,21,23-24,40H,5-6,8-11,13-17,20H2,1-4H3,(H,34,35,36)/t23-,24-. The lowest BCUT2D eigenvalue weighted by atomic mass is 9.93. The van der Waals surface area contributed by atoms with Crippen LogP contribution in [-0.2, 0) is 11.3 Å². The van der Waals surface area contributed by atoms with Crippen LogP contribution in [0.1, 0.15) is 77.8 Å². The van der Waals surface area contributed by atoms with Crippen LogP contribution in [-0.4, -0.2) is 80.0 Å². The fourth-order valence-corrected chi connectivity index (χ4v) is 5.87. The Bertz CT molecular complexity index is 1370. The lowest BCUT2D eigenvalue weighted by molar-refractivity contribution is 0.0139. The number of nitrogens with zero attached hydrogens (tertiary/aromatic N) is 5. The van der Waals surface area contributed by atoms with Gasteiger partial charge in [0.15, 0.2) is 0 Å². The number of fused-ring (bicyclic) bond motifs is 1. The minimum absolute atomic E-state index is 0.199. The van der Waals surface area contributed by atoms with Gasteiger partial charge in [-0.05, 0) is 64.5 Å². The van der Waals surface area contributed by atoms with Crippen LogP contribution < -0.4 is 5.32 Å². The molecule has 2 N–H and O–H groups in total. The molecule has 1 saturated heterocycles. The first-order valence-corrected chi connectivity index (χ1v) is 15.4. The number of hydrogen-bond acceptors (Lipinski definition) is 7. The minimum atomic E-state index is -0.515. The lowest BCUT2D eigenvalue weighted by Gasteiger charge is -2.35. The highest BCUT2D eigenvalue weighted by molar-refractivity contribution is 5.94. The van der Waals surface area contributed by atoms with Gasteiger partial charge in [0.05, 0.1) is 6.10 Å². The van der Waals surface area contributed by atoms with Gasteiger partial charge in [-0.1, -0.05) is 25.5 Å². The Kier molecular flexibility index (Phi) is 9.32. The van der Waals surface area contributed by atoms with E-state index in [-0.39, 0.29) is 24.1 Å². The van der Waals surface area contributed by atoms with Crippen LogP contribution in [0.4, 0.5) is 15.1 Å². The molecule has 1 aromatic carbocycles. The number of hydrogen-bond donors (Lipinski definition) is 2. The average Bonchev–Trinajstić information content (AvgIpc) is 3.32. The van der Waals surface area contributed by atoms with Crippen LogP contribution in [0, 0.1) is 5.82 Å². The van der Waals surface area contributed by atoms with Crippen LogP contribution in [0.15, 0.2) is 30.6 Å². The van der Waals surface area contributed by atoms with Crippen molar-refractivity contribution >= 4 is 23.1 Å². The summed E-state index contributed by atoms with van der Waals surface area (Å²) in [6.07, 6.45) is 8.61. The van der Waals surface area contributed by atoms with Crippen molar-refractivity contribution in [2.75, 3.05) is 38.0 Å². The van der Waals surface area contributed by atoms with E-state index in [0.29, 0.717) is 44.2 Å². The Hall–Kier alpha value is -3.24. The first kappa shape index (κ1) is 30.2. The Labute approximate surface area is 248 Å². The van der Waals surface area contributed by atoms with Gasteiger partial charge in [0.2, 0.25) is 5.95 Å². The summed E-state index contributed by atoms with van der Waals surface area (Å²) in [4.78, 5) is 25.8. The summed E-state index contributed by atoms with van der Waals surface area (Å²) in [5.41, 5.74) is 2.49. The summed E-state index contributed by atoms with van der Waals surface area (Å²) in [5, 5.41) is 14.2. The predicted molar refractivity (Wildman–Crippen MR) is 163 cm³/mol. The van der Waals surface area contributed by atoms with Crippen molar-refractivity contribution < 1.29 is 19.0 Å².